The normalized spacial score (nSPS) is 9.68. The Morgan fingerprint density at radius 3 is 1.76 bits per heavy atom. The first kappa shape index (κ1) is 15.8. The molecule has 0 aliphatic carbocycles. The SMILES string of the molecule is N#Cc1cccc(Oc2c[n+]([O-])cc(Oc3cccc(C#N)c3)n2)c1. The summed E-state index contributed by atoms with van der Waals surface area (Å²) in [4.78, 5) is 4.10. The molecule has 7 nitrogen and oxygen atoms in total. The lowest BCUT2D eigenvalue weighted by Gasteiger charge is -2.08. The van der Waals surface area contributed by atoms with E-state index in [2.05, 4.69) is 4.98 Å². The van der Waals surface area contributed by atoms with Crippen molar-refractivity contribution in [3.63, 3.8) is 0 Å². The maximum Gasteiger partial charge on any atom is 0.290 e. The standard InChI is InChI=1S/C18H10N4O3/c19-9-13-3-1-5-15(7-13)24-17-11-22(23)12-18(21-17)25-16-6-2-4-14(8-16)10-20/h1-8,11-12H. The molecule has 0 unspecified atom stereocenters. The van der Waals surface area contributed by atoms with Crippen LogP contribution in [0.2, 0.25) is 0 Å². The zero-order valence-corrected chi connectivity index (χ0v) is 12.8. The van der Waals surface area contributed by atoms with Crippen LogP contribution in [-0.2, 0) is 0 Å². The van der Waals surface area contributed by atoms with E-state index >= 15 is 0 Å². The van der Waals surface area contributed by atoms with E-state index < -0.39 is 0 Å². The lowest BCUT2D eigenvalue weighted by atomic mass is 10.2. The van der Waals surface area contributed by atoms with Gasteiger partial charge in [0.15, 0.2) is 0 Å². The molecule has 0 fully saturated rings. The molecule has 0 spiro atoms. The number of nitriles is 2. The molecule has 120 valence electrons. The zero-order chi connectivity index (χ0) is 17.6. The van der Waals surface area contributed by atoms with Crippen molar-refractivity contribution in [2.24, 2.45) is 0 Å². The Morgan fingerprint density at radius 2 is 1.32 bits per heavy atom. The number of ether oxygens (including phenoxy) is 2. The maximum atomic E-state index is 11.7. The Hall–Kier alpha value is -4.10. The number of rotatable bonds is 4. The van der Waals surface area contributed by atoms with E-state index in [1.807, 2.05) is 12.1 Å². The highest BCUT2D eigenvalue weighted by Gasteiger charge is 2.11. The van der Waals surface area contributed by atoms with Crippen LogP contribution < -0.4 is 14.2 Å². The minimum absolute atomic E-state index is 0.0130. The first-order valence-electron chi connectivity index (χ1n) is 7.13. The molecule has 0 bridgehead atoms. The molecule has 1 heterocycles. The fraction of sp³-hybridized carbons (Fsp3) is 0. The van der Waals surface area contributed by atoms with Gasteiger partial charge in [0.1, 0.15) is 11.5 Å². The Balaban J connectivity index is 1.85. The van der Waals surface area contributed by atoms with Gasteiger partial charge in [-0.25, -0.2) is 0 Å². The summed E-state index contributed by atoms with van der Waals surface area (Å²) in [6.07, 6.45) is 2.27. The summed E-state index contributed by atoms with van der Waals surface area (Å²) in [6.45, 7) is 0. The molecular weight excluding hydrogens is 320 g/mol. The molecule has 0 aliphatic rings. The fourth-order valence-corrected chi connectivity index (χ4v) is 2.02. The van der Waals surface area contributed by atoms with E-state index in [-0.39, 0.29) is 11.8 Å². The van der Waals surface area contributed by atoms with Crippen molar-refractivity contribution in [2.75, 3.05) is 0 Å². The van der Waals surface area contributed by atoms with Crippen LogP contribution >= 0.6 is 0 Å². The van der Waals surface area contributed by atoms with E-state index in [0.29, 0.717) is 27.4 Å². The van der Waals surface area contributed by atoms with Crippen molar-refractivity contribution in [1.82, 2.24) is 4.98 Å². The third kappa shape index (κ3) is 4.01. The topological polar surface area (TPSA) is 106 Å². The van der Waals surface area contributed by atoms with Crippen LogP contribution in [0.5, 0.6) is 23.3 Å². The van der Waals surface area contributed by atoms with E-state index in [0.717, 1.165) is 12.4 Å². The number of hydrogen-bond donors (Lipinski definition) is 0. The smallest absolute Gasteiger partial charge is 0.290 e. The Morgan fingerprint density at radius 1 is 0.840 bits per heavy atom. The largest absolute Gasteiger partial charge is 0.618 e. The van der Waals surface area contributed by atoms with E-state index in [9.17, 15) is 5.21 Å². The first-order chi connectivity index (χ1) is 12.2. The van der Waals surface area contributed by atoms with Crippen molar-refractivity contribution in [3.05, 3.63) is 77.3 Å². The van der Waals surface area contributed by atoms with Crippen LogP contribution in [0, 0.1) is 27.9 Å². The van der Waals surface area contributed by atoms with Crippen LogP contribution in [0.3, 0.4) is 0 Å². The van der Waals surface area contributed by atoms with Crippen LogP contribution in [0.4, 0.5) is 0 Å². The van der Waals surface area contributed by atoms with Crippen LogP contribution in [0.25, 0.3) is 0 Å². The lowest BCUT2D eigenvalue weighted by Crippen LogP contribution is -2.25. The molecule has 0 saturated carbocycles. The molecular formula is C18H10N4O3. The maximum absolute atomic E-state index is 11.7. The summed E-state index contributed by atoms with van der Waals surface area (Å²) < 4.78 is 11.5. The first-order valence-corrected chi connectivity index (χ1v) is 7.13. The molecule has 0 amide bonds. The molecule has 0 radical (unpaired) electrons. The molecule has 0 atom stereocenters. The summed E-state index contributed by atoms with van der Waals surface area (Å²) in [5.74, 6) is 0.767. The minimum atomic E-state index is 0.0130. The van der Waals surface area contributed by atoms with E-state index in [4.69, 9.17) is 20.0 Å². The van der Waals surface area contributed by atoms with Crippen molar-refractivity contribution in [2.45, 2.75) is 0 Å². The van der Waals surface area contributed by atoms with E-state index in [1.54, 1.807) is 36.4 Å². The van der Waals surface area contributed by atoms with Crippen LogP contribution in [0.1, 0.15) is 11.1 Å². The summed E-state index contributed by atoms with van der Waals surface area (Å²) in [7, 11) is 0. The van der Waals surface area contributed by atoms with Gasteiger partial charge in [-0.3, -0.25) is 0 Å². The van der Waals surface area contributed by atoms with Gasteiger partial charge in [0.2, 0.25) is 12.4 Å². The van der Waals surface area contributed by atoms with Gasteiger partial charge in [-0.05, 0) is 36.4 Å². The zero-order valence-electron chi connectivity index (χ0n) is 12.8. The quantitative estimate of drug-likeness (QED) is 0.537. The van der Waals surface area contributed by atoms with Crippen molar-refractivity contribution in [3.8, 4) is 35.4 Å². The minimum Gasteiger partial charge on any atom is -0.618 e. The average Bonchev–Trinajstić information content (AvgIpc) is 2.61. The Bertz CT molecular complexity index is 928. The van der Waals surface area contributed by atoms with Crippen LogP contribution in [0.15, 0.2) is 60.9 Å². The molecule has 0 N–H and O–H groups in total. The molecule has 3 rings (SSSR count). The third-order valence-corrected chi connectivity index (χ3v) is 3.07. The second-order valence-corrected chi connectivity index (χ2v) is 4.89. The van der Waals surface area contributed by atoms with Crippen LogP contribution in [-0.4, -0.2) is 4.98 Å². The molecule has 3 aromatic rings. The van der Waals surface area contributed by atoms with Gasteiger partial charge in [-0.1, -0.05) is 12.1 Å². The van der Waals surface area contributed by atoms with Gasteiger partial charge < -0.3 is 14.7 Å². The van der Waals surface area contributed by atoms with Gasteiger partial charge in [0, 0.05) is 0 Å². The fourth-order valence-electron chi connectivity index (χ4n) is 2.02. The lowest BCUT2D eigenvalue weighted by molar-refractivity contribution is -0.606. The van der Waals surface area contributed by atoms with Gasteiger partial charge in [-0.15, -0.1) is 0 Å². The molecule has 25 heavy (non-hydrogen) atoms. The van der Waals surface area contributed by atoms with Gasteiger partial charge in [0.25, 0.3) is 11.8 Å². The number of nitrogens with zero attached hydrogens (tertiary/aromatic N) is 4. The molecule has 2 aromatic carbocycles. The summed E-state index contributed by atoms with van der Waals surface area (Å²) in [6, 6.07) is 16.9. The highest BCUT2D eigenvalue weighted by Crippen LogP contribution is 2.24. The second kappa shape index (κ2) is 6.99. The number of aromatic nitrogens is 2. The predicted octanol–water partition coefficient (Wildman–Crippen LogP) is 3.04. The van der Waals surface area contributed by atoms with Gasteiger partial charge in [-0.2, -0.15) is 20.2 Å². The van der Waals surface area contributed by atoms with Crippen molar-refractivity contribution in [1.29, 1.82) is 10.5 Å². The molecule has 7 heteroatoms. The molecule has 0 aliphatic heterocycles. The number of hydrogen-bond acceptors (Lipinski definition) is 6. The van der Waals surface area contributed by atoms with Crippen molar-refractivity contribution < 1.29 is 14.2 Å². The summed E-state index contributed by atoms with van der Waals surface area (Å²) in [5.41, 5.74) is 0.849. The third-order valence-electron chi connectivity index (χ3n) is 3.07. The molecule has 1 aromatic heterocycles. The summed E-state index contributed by atoms with van der Waals surface area (Å²) >= 11 is 0. The van der Waals surface area contributed by atoms with Gasteiger partial charge >= 0.3 is 0 Å². The Kier molecular flexibility index (Phi) is 4.41. The predicted molar refractivity (Wildman–Crippen MR) is 85.7 cm³/mol. The van der Waals surface area contributed by atoms with E-state index in [1.165, 1.54) is 12.1 Å². The van der Waals surface area contributed by atoms with Crippen molar-refractivity contribution >= 4 is 0 Å². The van der Waals surface area contributed by atoms with Gasteiger partial charge in [0.05, 0.1) is 23.3 Å². The highest BCUT2D eigenvalue weighted by atomic mass is 16.5. The monoisotopic (exact) mass is 330 g/mol. The average molecular weight is 330 g/mol. The Labute approximate surface area is 143 Å². The number of benzene rings is 2. The summed E-state index contributed by atoms with van der Waals surface area (Å²) in [5, 5.41) is 29.6. The second-order valence-electron chi connectivity index (χ2n) is 4.89. The molecule has 0 saturated heterocycles. The highest BCUT2D eigenvalue weighted by molar-refractivity contribution is 5.39.